The highest BCUT2D eigenvalue weighted by Gasteiger charge is 2.40. The molecule has 0 radical (unpaired) electrons. The second-order valence-electron chi connectivity index (χ2n) is 5.01. The van der Waals surface area contributed by atoms with Gasteiger partial charge in [0.1, 0.15) is 0 Å². The summed E-state index contributed by atoms with van der Waals surface area (Å²) >= 11 is 0. The van der Waals surface area contributed by atoms with Crippen molar-refractivity contribution in [2.75, 3.05) is 33.9 Å². The van der Waals surface area contributed by atoms with Gasteiger partial charge in [0.05, 0.1) is 17.1 Å². The molecule has 21 heavy (non-hydrogen) atoms. The molecule has 1 aliphatic heterocycles. The van der Waals surface area contributed by atoms with Crippen LogP contribution in [-0.4, -0.2) is 63.8 Å². The van der Waals surface area contributed by atoms with Gasteiger partial charge in [0.25, 0.3) is 0 Å². The Kier molecular flexibility index (Phi) is 5.39. The quantitative estimate of drug-likeness (QED) is 0.748. The van der Waals surface area contributed by atoms with Crippen LogP contribution in [0.1, 0.15) is 12.6 Å². The Bertz CT molecular complexity index is 546. The standard InChI is InChI=1S/C13H23N3O4S/c1-4-14-6-10-5-11(7-15-10)21(17,18)16-8-12(19-2)13(9-16)20-3/h5,7,12-15H,4,6,8-9H2,1-3H3. The van der Waals surface area contributed by atoms with E-state index in [1.54, 1.807) is 20.3 Å². The SMILES string of the molecule is CCNCc1cc(S(=O)(=O)N2CC(OC)C(OC)C2)c[nH]1. The van der Waals surface area contributed by atoms with Crippen molar-refractivity contribution in [1.82, 2.24) is 14.6 Å². The zero-order valence-electron chi connectivity index (χ0n) is 12.6. The molecule has 1 aromatic heterocycles. The summed E-state index contributed by atoms with van der Waals surface area (Å²) in [7, 11) is -0.380. The minimum atomic E-state index is -3.51. The molecule has 0 amide bonds. The Hall–Kier alpha value is -0.930. The lowest BCUT2D eigenvalue weighted by Gasteiger charge is -2.14. The van der Waals surface area contributed by atoms with Crippen LogP contribution in [0.2, 0.25) is 0 Å². The normalized spacial score (nSPS) is 23.8. The van der Waals surface area contributed by atoms with Gasteiger partial charge in [0.2, 0.25) is 10.0 Å². The van der Waals surface area contributed by atoms with Crippen molar-refractivity contribution in [3.8, 4) is 0 Å². The van der Waals surface area contributed by atoms with Gasteiger partial charge in [-0.2, -0.15) is 4.31 Å². The van der Waals surface area contributed by atoms with Gasteiger partial charge in [-0.15, -0.1) is 0 Å². The maximum atomic E-state index is 12.6. The van der Waals surface area contributed by atoms with Gasteiger partial charge < -0.3 is 19.8 Å². The first-order valence-electron chi connectivity index (χ1n) is 6.96. The Morgan fingerprint density at radius 2 is 1.95 bits per heavy atom. The first-order chi connectivity index (χ1) is 10.0. The number of ether oxygens (including phenoxy) is 2. The minimum Gasteiger partial charge on any atom is -0.377 e. The molecule has 2 heterocycles. The highest BCUT2D eigenvalue weighted by Crippen LogP contribution is 2.24. The minimum absolute atomic E-state index is 0.232. The third kappa shape index (κ3) is 3.46. The lowest BCUT2D eigenvalue weighted by molar-refractivity contribution is -0.00461. The maximum absolute atomic E-state index is 12.6. The number of H-pyrrole nitrogens is 1. The lowest BCUT2D eigenvalue weighted by atomic mass is 10.3. The number of methoxy groups -OCH3 is 2. The summed E-state index contributed by atoms with van der Waals surface area (Å²) in [6.45, 7) is 4.07. The van der Waals surface area contributed by atoms with Gasteiger partial charge in [0, 0.05) is 45.7 Å². The van der Waals surface area contributed by atoms with Crippen LogP contribution in [0.25, 0.3) is 0 Å². The van der Waals surface area contributed by atoms with Crippen molar-refractivity contribution in [3.05, 3.63) is 18.0 Å². The summed E-state index contributed by atoms with van der Waals surface area (Å²) in [6.07, 6.45) is 1.07. The molecule has 1 aliphatic rings. The molecule has 8 heteroatoms. The number of nitrogens with zero attached hydrogens (tertiary/aromatic N) is 1. The molecule has 0 bridgehead atoms. The van der Waals surface area contributed by atoms with Crippen LogP contribution in [0.4, 0.5) is 0 Å². The monoisotopic (exact) mass is 317 g/mol. The Labute approximate surface area is 125 Å². The van der Waals surface area contributed by atoms with E-state index in [2.05, 4.69) is 10.3 Å². The Morgan fingerprint density at radius 1 is 1.33 bits per heavy atom. The molecule has 7 nitrogen and oxygen atoms in total. The third-order valence-corrected chi connectivity index (χ3v) is 5.52. The number of nitrogens with one attached hydrogen (secondary N) is 2. The van der Waals surface area contributed by atoms with E-state index in [1.807, 2.05) is 6.92 Å². The van der Waals surface area contributed by atoms with Gasteiger partial charge in [-0.25, -0.2) is 8.42 Å². The number of sulfonamides is 1. The number of aromatic amines is 1. The van der Waals surface area contributed by atoms with E-state index < -0.39 is 10.0 Å². The van der Waals surface area contributed by atoms with Gasteiger partial charge in [0.15, 0.2) is 0 Å². The zero-order valence-corrected chi connectivity index (χ0v) is 13.4. The second-order valence-corrected chi connectivity index (χ2v) is 6.95. The second kappa shape index (κ2) is 6.89. The first-order valence-corrected chi connectivity index (χ1v) is 8.40. The van der Waals surface area contributed by atoms with E-state index >= 15 is 0 Å². The average molecular weight is 317 g/mol. The fraction of sp³-hybridized carbons (Fsp3) is 0.692. The number of hydrogen-bond acceptors (Lipinski definition) is 5. The summed E-state index contributed by atoms with van der Waals surface area (Å²) < 4.78 is 37.2. The highest BCUT2D eigenvalue weighted by atomic mass is 32.2. The summed E-state index contributed by atoms with van der Waals surface area (Å²) in [5.41, 5.74) is 0.848. The van der Waals surface area contributed by atoms with E-state index in [4.69, 9.17) is 9.47 Å². The molecule has 0 saturated carbocycles. The van der Waals surface area contributed by atoms with E-state index in [9.17, 15) is 8.42 Å². The zero-order chi connectivity index (χ0) is 15.5. The van der Waals surface area contributed by atoms with E-state index in [0.717, 1.165) is 12.2 Å². The van der Waals surface area contributed by atoms with Gasteiger partial charge in [-0.05, 0) is 12.6 Å². The van der Waals surface area contributed by atoms with Crippen LogP contribution in [0.5, 0.6) is 0 Å². The topological polar surface area (TPSA) is 83.7 Å². The van der Waals surface area contributed by atoms with Crippen LogP contribution < -0.4 is 5.32 Å². The molecule has 2 unspecified atom stereocenters. The average Bonchev–Trinajstić information content (AvgIpc) is 3.11. The fourth-order valence-corrected chi connectivity index (χ4v) is 3.92. The molecular weight excluding hydrogens is 294 g/mol. The van der Waals surface area contributed by atoms with Crippen LogP contribution in [0, 0.1) is 0 Å². The molecule has 1 fully saturated rings. The molecule has 2 N–H and O–H groups in total. The van der Waals surface area contributed by atoms with Crippen molar-refractivity contribution in [3.63, 3.8) is 0 Å². The van der Waals surface area contributed by atoms with Crippen molar-refractivity contribution < 1.29 is 17.9 Å². The Morgan fingerprint density at radius 3 is 2.48 bits per heavy atom. The van der Waals surface area contributed by atoms with E-state index in [1.165, 1.54) is 10.5 Å². The largest absolute Gasteiger partial charge is 0.377 e. The molecule has 2 atom stereocenters. The third-order valence-electron chi connectivity index (χ3n) is 3.71. The van der Waals surface area contributed by atoms with Crippen molar-refractivity contribution in [2.45, 2.75) is 30.6 Å². The summed E-state index contributed by atoms with van der Waals surface area (Å²) in [4.78, 5) is 3.27. The number of hydrogen-bond donors (Lipinski definition) is 2. The van der Waals surface area contributed by atoms with Crippen LogP contribution in [0.15, 0.2) is 17.2 Å². The van der Waals surface area contributed by atoms with Crippen molar-refractivity contribution >= 4 is 10.0 Å². The van der Waals surface area contributed by atoms with Crippen LogP contribution in [0.3, 0.4) is 0 Å². The van der Waals surface area contributed by atoms with Gasteiger partial charge >= 0.3 is 0 Å². The van der Waals surface area contributed by atoms with Crippen LogP contribution in [-0.2, 0) is 26.0 Å². The fourth-order valence-electron chi connectivity index (χ4n) is 2.44. The maximum Gasteiger partial charge on any atom is 0.244 e. The van der Waals surface area contributed by atoms with Crippen LogP contribution >= 0.6 is 0 Å². The molecule has 1 saturated heterocycles. The smallest absolute Gasteiger partial charge is 0.244 e. The molecule has 2 rings (SSSR count). The molecule has 0 spiro atoms. The van der Waals surface area contributed by atoms with Crippen molar-refractivity contribution in [2.24, 2.45) is 0 Å². The Balaban J connectivity index is 2.13. The predicted molar refractivity (Wildman–Crippen MR) is 78.5 cm³/mol. The van der Waals surface area contributed by atoms with Gasteiger partial charge in [-0.3, -0.25) is 0 Å². The number of aromatic nitrogens is 1. The number of rotatable bonds is 7. The predicted octanol–water partition coefficient (Wildman–Crippen LogP) is 0.159. The lowest BCUT2D eigenvalue weighted by Crippen LogP contribution is -2.30. The van der Waals surface area contributed by atoms with Gasteiger partial charge in [-0.1, -0.05) is 6.92 Å². The molecular formula is C13H23N3O4S. The first kappa shape index (κ1) is 16.4. The summed E-state index contributed by atoms with van der Waals surface area (Å²) in [5.74, 6) is 0. The molecule has 1 aromatic rings. The highest BCUT2D eigenvalue weighted by molar-refractivity contribution is 7.89. The summed E-state index contributed by atoms with van der Waals surface area (Å²) in [5, 5.41) is 3.15. The molecule has 120 valence electrons. The van der Waals surface area contributed by atoms with E-state index in [-0.39, 0.29) is 17.1 Å². The summed E-state index contributed by atoms with van der Waals surface area (Å²) in [6, 6.07) is 1.67. The molecule has 0 aliphatic carbocycles. The van der Waals surface area contributed by atoms with E-state index in [0.29, 0.717) is 19.6 Å². The molecule has 0 aromatic carbocycles. The van der Waals surface area contributed by atoms with Crippen molar-refractivity contribution in [1.29, 1.82) is 0 Å².